The minimum Gasteiger partial charge on any atom is -0.478 e. The summed E-state index contributed by atoms with van der Waals surface area (Å²) in [5.41, 5.74) is -2.39. The first-order valence-corrected chi connectivity index (χ1v) is 7.62. The van der Waals surface area contributed by atoms with E-state index in [0.717, 1.165) is 30.3 Å². The first-order valence-electron chi connectivity index (χ1n) is 6.14. The molecule has 5 nitrogen and oxygen atoms in total. The Morgan fingerprint density at radius 3 is 2.17 bits per heavy atom. The van der Waals surface area contributed by atoms with Crippen LogP contribution in [0, 0.1) is 0 Å². The van der Waals surface area contributed by atoms with Crippen LogP contribution in [0.2, 0.25) is 0 Å². The second-order valence-electron chi connectivity index (χ2n) is 4.45. The van der Waals surface area contributed by atoms with Gasteiger partial charge in [0.2, 0.25) is 0 Å². The molecule has 0 atom stereocenters. The smallest absolute Gasteiger partial charge is 0.418 e. The third-order valence-corrected chi connectivity index (χ3v) is 4.31. The van der Waals surface area contributed by atoms with Crippen molar-refractivity contribution in [1.82, 2.24) is 0 Å². The summed E-state index contributed by atoms with van der Waals surface area (Å²) in [6.45, 7) is 0. The van der Waals surface area contributed by atoms with Crippen molar-refractivity contribution >= 4 is 21.7 Å². The second kappa shape index (κ2) is 5.92. The van der Waals surface area contributed by atoms with Crippen LogP contribution in [0.1, 0.15) is 15.9 Å². The van der Waals surface area contributed by atoms with E-state index in [1.165, 1.54) is 18.2 Å². The van der Waals surface area contributed by atoms with Crippen LogP contribution in [0.3, 0.4) is 0 Å². The lowest BCUT2D eigenvalue weighted by molar-refractivity contribution is -0.136. The molecule has 0 unspecified atom stereocenters. The summed E-state index contributed by atoms with van der Waals surface area (Å²) < 4.78 is 65.0. The maximum atomic E-state index is 12.9. The number of carbonyl (C=O) groups is 1. The molecule has 2 aromatic rings. The van der Waals surface area contributed by atoms with Gasteiger partial charge >= 0.3 is 12.1 Å². The van der Waals surface area contributed by atoms with Crippen molar-refractivity contribution in [1.29, 1.82) is 0 Å². The number of alkyl halides is 3. The molecule has 0 radical (unpaired) electrons. The molecule has 0 aliphatic rings. The fourth-order valence-corrected chi connectivity index (χ4v) is 3.18. The van der Waals surface area contributed by atoms with Crippen LogP contribution >= 0.6 is 0 Å². The van der Waals surface area contributed by atoms with Crippen molar-refractivity contribution in [2.24, 2.45) is 0 Å². The molecule has 0 aromatic heterocycles. The zero-order chi connectivity index (χ0) is 17.3. The average molecular weight is 345 g/mol. The van der Waals surface area contributed by atoms with Gasteiger partial charge in [-0.1, -0.05) is 24.3 Å². The highest BCUT2D eigenvalue weighted by atomic mass is 32.2. The summed E-state index contributed by atoms with van der Waals surface area (Å²) in [5.74, 6) is -1.50. The van der Waals surface area contributed by atoms with Crippen LogP contribution in [0.15, 0.2) is 53.4 Å². The van der Waals surface area contributed by atoms with Gasteiger partial charge < -0.3 is 5.11 Å². The van der Waals surface area contributed by atoms with E-state index in [2.05, 4.69) is 0 Å². The van der Waals surface area contributed by atoms with Crippen LogP contribution < -0.4 is 4.72 Å². The number of rotatable bonds is 4. The number of aromatic carboxylic acids is 1. The lowest BCUT2D eigenvalue weighted by atomic mass is 10.2. The highest BCUT2D eigenvalue weighted by Crippen LogP contribution is 2.35. The summed E-state index contributed by atoms with van der Waals surface area (Å²) in [6, 6.07) is 8.66. The van der Waals surface area contributed by atoms with Gasteiger partial charge in [-0.25, -0.2) is 13.2 Å². The van der Waals surface area contributed by atoms with Gasteiger partial charge in [-0.15, -0.1) is 0 Å². The van der Waals surface area contributed by atoms with Gasteiger partial charge in [-0.05, 0) is 24.3 Å². The molecule has 0 saturated carbocycles. The van der Waals surface area contributed by atoms with E-state index in [1.807, 2.05) is 0 Å². The third-order valence-electron chi connectivity index (χ3n) is 2.88. The zero-order valence-electron chi connectivity index (χ0n) is 11.3. The van der Waals surface area contributed by atoms with Crippen molar-refractivity contribution in [3.05, 3.63) is 59.7 Å². The Balaban J connectivity index is 2.51. The Morgan fingerprint density at radius 2 is 1.57 bits per heavy atom. The molecule has 2 N–H and O–H groups in total. The van der Waals surface area contributed by atoms with Gasteiger partial charge in [-0.3, -0.25) is 4.72 Å². The molecule has 2 aromatic carbocycles. The minimum atomic E-state index is -4.76. The first-order chi connectivity index (χ1) is 10.6. The Labute approximate surface area is 129 Å². The summed E-state index contributed by atoms with van der Waals surface area (Å²) in [4.78, 5) is 10.5. The standard InChI is InChI=1S/C14H10F3NO4S/c15-14(16,17)10-6-2-3-7-11(10)18-23(21,22)12-8-4-1-5-9(12)13(19)20/h1-8,18H,(H,19,20). The van der Waals surface area contributed by atoms with Crippen LogP contribution in [0.5, 0.6) is 0 Å². The van der Waals surface area contributed by atoms with Crippen molar-refractivity contribution in [3.63, 3.8) is 0 Å². The first kappa shape index (κ1) is 16.8. The number of hydrogen-bond acceptors (Lipinski definition) is 3. The van der Waals surface area contributed by atoms with Gasteiger partial charge in [0.05, 0.1) is 16.8 Å². The Morgan fingerprint density at radius 1 is 1.00 bits per heavy atom. The molecule has 0 heterocycles. The third kappa shape index (κ3) is 3.62. The van der Waals surface area contributed by atoms with Crippen LogP contribution in [0.4, 0.5) is 18.9 Å². The van der Waals surface area contributed by atoms with E-state index in [0.29, 0.717) is 0 Å². The van der Waals surface area contributed by atoms with Gasteiger partial charge in [0.1, 0.15) is 4.90 Å². The lowest BCUT2D eigenvalue weighted by Crippen LogP contribution is -2.19. The van der Waals surface area contributed by atoms with E-state index < -0.39 is 43.9 Å². The minimum absolute atomic E-state index is 0.538. The second-order valence-corrected chi connectivity index (χ2v) is 6.10. The molecule has 9 heteroatoms. The molecular formula is C14H10F3NO4S. The van der Waals surface area contributed by atoms with Gasteiger partial charge in [0.15, 0.2) is 0 Å². The topological polar surface area (TPSA) is 83.5 Å². The maximum Gasteiger partial charge on any atom is 0.418 e. The van der Waals surface area contributed by atoms with Crippen LogP contribution in [0.25, 0.3) is 0 Å². The molecule has 0 aliphatic carbocycles. The fraction of sp³-hybridized carbons (Fsp3) is 0.0714. The normalized spacial score (nSPS) is 12.0. The monoisotopic (exact) mass is 345 g/mol. The molecule has 0 spiro atoms. The molecule has 122 valence electrons. The highest BCUT2D eigenvalue weighted by molar-refractivity contribution is 7.92. The van der Waals surface area contributed by atoms with Crippen molar-refractivity contribution in [3.8, 4) is 0 Å². The summed E-state index contributed by atoms with van der Waals surface area (Å²) >= 11 is 0. The number of nitrogens with one attached hydrogen (secondary N) is 1. The molecule has 2 rings (SSSR count). The number of para-hydroxylation sites is 1. The van der Waals surface area contributed by atoms with Crippen molar-refractivity contribution in [2.45, 2.75) is 11.1 Å². The number of halogens is 3. The largest absolute Gasteiger partial charge is 0.478 e. The van der Waals surface area contributed by atoms with Crippen LogP contribution in [-0.4, -0.2) is 19.5 Å². The highest BCUT2D eigenvalue weighted by Gasteiger charge is 2.34. The Bertz CT molecular complexity index is 847. The molecule has 0 bridgehead atoms. The molecule has 0 saturated heterocycles. The Hall–Kier alpha value is -2.55. The maximum absolute atomic E-state index is 12.9. The van der Waals surface area contributed by atoms with Crippen LogP contribution in [-0.2, 0) is 16.2 Å². The van der Waals surface area contributed by atoms with Gasteiger partial charge in [-0.2, -0.15) is 13.2 Å². The number of carboxylic acids is 1. The van der Waals surface area contributed by atoms with E-state index in [-0.39, 0.29) is 0 Å². The molecule has 0 fully saturated rings. The number of sulfonamides is 1. The van der Waals surface area contributed by atoms with E-state index >= 15 is 0 Å². The van der Waals surface area contributed by atoms with Gasteiger partial charge in [0.25, 0.3) is 10.0 Å². The number of carboxylic acid groups (broad SMARTS) is 1. The number of anilines is 1. The summed E-state index contributed by atoms with van der Waals surface area (Å²) in [7, 11) is -4.50. The fourth-order valence-electron chi connectivity index (χ4n) is 1.90. The Kier molecular flexibility index (Phi) is 4.33. The quantitative estimate of drug-likeness (QED) is 0.891. The van der Waals surface area contributed by atoms with Crippen molar-refractivity contribution in [2.75, 3.05) is 4.72 Å². The number of benzene rings is 2. The summed E-state index contributed by atoms with van der Waals surface area (Å²) in [5, 5.41) is 9.01. The molecule has 0 aliphatic heterocycles. The van der Waals surface area contributed by atoms with Gasteiger partial charge in [0, 0.05) is 0 Å². The molecular weight excluding hydrogens is 335 g/mol. The zero-order valence-corrected chi connectivity index (χ0v) is 12.1. The lowest BCUT2D eigenvalue weighted by Gasteiger charge is -2.15. The van der Waals surface area contributed by atoms with Crippen molar-refractivity contribution < 1.29 is 31.5 Å². The predicted molar refractivity (Wildman–Crippen MR) is 75.7 cm³/mol. The van der Waals surface area contributed by atoms with E-state index in [9.17, 15) is 26.4 Å². The summed E-state index contributed by atoms with van der Waals surface area (Å²) in [6.07, 6.45) is -4.76. The molecule has 23 heavy (non-hydrogen) atoms. The van der Waals surface area contributed by atoms with E-state index in [1.54, 1.807) is 4.72 Å². The molecule has 0 amide bonds. The van der Waals surface area contributed by atoms with E-state index in [4.69, 9.17) is 5.11 Å². The number of hydrogen-bond donors (Lipinski definition) is 2. The average Bonchev–Trinajstić information content (AvgIpc) is 2.46. The SMILES string of the molecule is O=C(O)c1ccccc1S(=O)(=O)Nc1ccccc1C(F)(F)F. The predicted octanol–water partition coefficient (Wildman–Crippen LogP) is 3.20.